The third-order valence-electron chi connectivity index (χ3n) is 5.86. The van der Waals surface area contributed by atoms with Crippen LogP contribution in [-0.4, -0.2) is 65.4 Å². The van der Waals surface area contributed by atoms with Gasteiger partial charge in [0.15, 0.2) is 29.1 Å². The standard InChI is InChI=1S/C24H32F2N4O2/c1-27-24(29(2)11-9-17-5-8-22(31-3)23(13-17)32-4)28-15-18-10-12-30(16-18)19-6-7-20(25)21(26)14-19/h5-8,13-14,18H,9-12,15-16H2,1-4H3,(H,27,28). The first-order valence-corrected chi connectivity index (χ1v) is 10.8. The predicted molar refractivity (Wildman–Crippen MR) is 124 cm³/mol. The van der Waals surface area contributed by atoms with Gasteiger partial charge in [-0.2, -0.15) is 0 Å². The summed E-state index contributed by atoms with van der Waals surface area (Å²) in [6.45, 7) is 3.18. The molecule has 174 valence electrons. The molecule has 2 aromatic rings. The van der Waals surface area contributed by atoms with Crippen LogP contribution in [-0.2, 0) is 6.42 Å². The van der Waals surface area contributed by atoms with Crippen molar-refractivity contribution in [2.24, 2.45) is 10.9 Å². The number of ether oxygens (including phenoxy) is 2. The minimum absolute atomic E-state index is 0.402. The molecule has 8 heteroatoms. The Bertz CT molecular complexity index is 938. The molecule has 1 unspecified atom stereocenters. The fourth-order valence-electron chi connectivity index (χ4n) is 3.97. The molecule has 0 bridgehead atoms. The summed E-state index contributed by atoms with van der Waals surface area (Å²) in [7, 11) is 7.05. The van der Waals surface area contributed by atoms with E-state index in [4.69, 9.17) is 9.47 Å². The number of benzene rings is 2. The summed E-state index contributed by atoms with van der Waals surface area (Å²) >= 11 is 0. The number of guanidine groups is 1. The molecule has 1 atom stereocenters. The van der Waals surface area contributed by atoms with Gasteiger partial charge in [0.1, 0.15) is 0 Å². The fraction of sp³-hybridized carbons (Fsp3) is 0.458. The molecule has 0 spiro atoms. The van der Waals surface area contributed by atoms with Gasteiger partial charge in [-0.1, -0.05) is 6.07 Å². The van der Waals surface area contributed by atoms with Gasteiger partial charge in [0.05, 0.1) is 14.2 Å². The van der Waals surface area contributed by atoms with Gasteiger partial charge in [0.2, 0.25) is 0 Å². The van der Waals surface area contributed by atoms with Crippen molar-refractivity contribution in [2.45, 2.75) is 12.8 Å². The minimum Gasteiger partial charge on any atom is -0.493 e. The lowest BCUT2D eigenvalue weighted by molar-refractivity contribution is 0.354. The van der Waals surface area contributed by atoms with Crippen LogP contribution < -0.4 is 19.7 Å². The van der Waals surface area contributed by atoms with Crippen LogP contribution in [0, 0.1) is 17.6 Å². The van der Waals surface area contributed by atoms with E-state index >= 15 is 0 Å². The van der Waals surface area contributed by atoms with Crippen LogP contribution in [0.2, 0.25) is 0 Å². The fourth-order valence-corrected chi connectivity index (χ4v) is 3.97. The lowest BCUT2D eigenvalue weighted by atomic mass is 10.1. The van der Waals surface area contributed by atoms with Crippen LogP contribution >= 0.6 is 0 Å². The van der Waals surface area contributed by atoms with Crippen LogP contribution in [0.3, 0.4) is 0 Å². The number of likely N-dealkylation sites (N-methyl/N-ethyl adjacent to an activating group) is 1. The lowest BCUT2D eigenvalue weighted by Crippen LogP contribution is -2.42. The zero-order chi connectivity index (χ0) is 23.1. The van der Waals surface area contributed by atoms with E-state index in [0.29, 0.717) is 5.92 Å². The van der Waals surface area contributed by atoms with E-state index in [2.05, 4.69) is 20.1 Å². The van der Waals surface area contributed by atoms with Crippen molar-refractivity contribution in [3.63, 3.8) is 0 Å². The minimum atomic E-state index is -0.814. The van der Waals surface area contributed by atoms with E-state index in [9.17, 15) is 8.78 Å². The van der Waals surface area contributed by atoms with Gasteiger partial charge in [-0.15, -0.1) is 0 Å². The quantitative estimate of drug-likeness (QED) is 0.496. The molecule has 1 aliphatic rings. The maximum Gasteiger partial charge on any atom is 0.193 e. The average Bonchev–Trinajstić information content (AvgIpc) is 3.28. The number of methoxy groups -OCH3 is 2. The van der Waals surface area contributed by atoms with Crippen molar-refractivity contribution in [1.82, 2.24) is 10.2 Å². The Morgan fingerprint density at radius 1 is 1.12 bits per heavy atom. The molecular weight excluding hydrogens is 414 g/mol. The van der Waals surface area contributed by atoms with E-state index in [1.807, 2.05) is 25.2 Å². The van der Waals surface area contributed by atoms with Crippen molar-refractivity contribution in [3.05, 3.63) is 53.6 Å². The topological polar surface area (TPSA) is 49.3 Å². The molecule has 1 aliphatic heterocycles. The number of nitrogens with one attached hydrogen (secondary N) is 1. The Labute approximate surface area is 188 Å². The summed E-state index contributed by atoms with van der Waals surface area (Å²) in [5.41, 5.74) is 1.88. The first-order chi connectivity index (χ1) is 15.4. The number of hydrogen-bond donors (Lipinski definition) is 1. The Morgan fingerprint density at radius 2 is 1.91 bits per heavy atom. The lowest BCUT2D eigenvalue weighted by Gasteiger charge is -2.24. The van der Waals surface area contributed by atoms with Crippen LogP contribution in [0.5, 0.6) is 11.5 Å². The molecule has 0 aliphatic carbocycles. The summed E-state index contributed by atoms with van der Waals surface area (Å²) in [6, 6.07) is 10.0. The summed E-state index contributed by atoms with van der Waals surface area (Å²) in [6.07, 6.45) is 1.82. The Kier molecular flexibility index (Phi) is 8.14. The molecule has 0 aromatic heterocycles. The van der Waals surface area contributed by atoms with Gasteiger partial charge >= 0.3 is 0 Å². The number of nitrogens with zero attached hydrogens (tertiary/aromatic N) is 3. The SMILES string of the molecule is CN=C(NCC1CCN(c2ccc(F)c(F)c2)C1)N(C)CCc1ccc(OC)c(OC)c1. The van der Waals surface area contributed by atoms with E-state index in [1.165, 1.54) is 12.1 Å². The van der Waals surface area contributed by atoms with Crippen LogP contribution in [0.25, 0.3) is 0 Å². The molecule has 2 aromatic carbocycles. The number of anilines is 1. The molecule has 0 radical (unpaired) electrons. The Morgan fingerprint density at radius 3 is 2.59 bits per heavy atom. The molecule has 0 saturated carbocycles. The van der Waals surface area contributed by atoms with Crippen LogP contribution in [0.15, 0.2) is 41.4 Å². The molecule has 1 N–H and O–H groups in total. The van der Waals surface area contributed by atoms with Crippen molar-refractivity contribution in [3.8, 4) is 11.5 Å². The molecule has 1 fully saturated rings. The number of halogens is 2. The average molecular weight is 447 g/mol. The smallest absolute Gasteiger partial charge is 0.193 e. The summed E-state index contributed by atoms with van der Waals surface area (Å²) in [4.78, 5) is 8.59. The second-order valence-corrected chi connectivity index (χ2v) is 7.99. The summed E-state index contributed by atoms with van der Waals surface area (Å²) in [5, 5.41) is 3.45. The van der Waals surface area contributed by atoms with Crippen LogP contribution in [0.1, 0.15) is 12.0 Å². The summed E-state index contributed by atoms with van der Waals surface area (Å²) < 4.78 is 37.4. The van der Waals surface area contributed by atoms with Crippen LogP contribution in [0.4, 0.5) is 14.5 Å². The summed E-state index contributed by atoms with van der Waals surface area (Å²) in [5.74, 6) is 1.06. The first-order valence-electron chi connectivity index (χ1n) is 10.8. The van der Waals surface area contributed by atoms with Gasteiger partial charge in [-0.05, 0) is 48.6 Å². The number of aliphatic imine (C=N–C) groups is 1. The van der Waals surface area contributed by atoms with E-state index < -0.39 is 11.6 Å². The first kappa shape index (κ1) is 23.6. The number of rotatable bonds is 8. The van der Waals surface area contributed by atoms with Gasteiger partial charge in [0.25, 0.3) is 0 Å². The van der Waals surface area contributed by atoms with Gasteiger partial charge < -0.3 is 24.6 Å². The highest BCUT2D eigenvalue weighted by Gasteiger charge is 2.24. The Hall–Kier alpha value is -3.03. The van der Waals surface area contributed by atoms with Gasteiger partial charge in [-0.25, -0.2) is 8.78 Å². The Balaban J connectivity index is 1.48. The molecular formula is C24H32F2N4O2. The largest absolute Gasteiger partial charge is 0.493 e. The van der Waals surface area contributed by atoms with E-state index in [0.717, 1.165) is 67.7 Å². The van der Waals surface area contributed by atoms with E-state index in [1.54, 1.807) is 27.3 Å². The predicted octanol–water partition coefficient (Wildman–Crippen LogP) is 3.56. The van der Waals surface area contributed by atoms with Crippen molar-refractivity contribution in [1.29, 1.82) is 0 Å². The maximum absolute atomic E-state index is 13.5. The molecule has 32 heavy (non-hydrogen) atoms. The highest BCUT2D eigenvalue weighted by molar-refractivity contribution is 5.79. The molecule has 1 saturated heterocycles. The van der Waals surface area contributed by atoms with Crippen molar-refractivity contribution in [2.75, 3.05) is 59.4 Å². The number of hydrogen-bond acceptors (Lipinski definition) is 4. The highest BCUT2D eigenvalue weighted by atomic mass is 19.2. The second kappa shape index (κ2) is 11.0. The molecule has 6 nitrogen and oxygen atoms in total. The molecule has 1 heterocycles. The van der Waals surface area contributed by atoms with Crippen molar-refractivity contribution >= 4 is 11.6 Å². The third kappa shape index (κ3) is 5.81. The van der Waals surface area contributed by atoms with Crippen molar-refractivity contribution < 1.29 is 18.3 Å². The highest BCUT2D eigenvalue weighted by Crippen LogP contribution is 2.28. The molecule has 0 amide bonds. The monoisotopic (exact) mass is 446 g/mol. The third-order valence-corrected chi connectivity index (χ3v) is 5.86. The maximum atomic E-state index is 13.5. The molecule has 3 rings (SSSR count). The zero-order valence-electron chi connectivity index (χ0n) is 19.2. The normalized spacial score (nSPS) is 16.2. The van der Waals surface area contributed by atoms with Gasteiger partial charge in [0, 0.05) is 52.0 Å². The van der Waals surface area contributed by atoms with E-state index in [-0.39, 0.29) is 0 Å². The van der Waals surface area contributed by atoms with Gasteiger partial charge in [-0.3, -0.25) is 4.99 Å². The second-order valence-electron chi connectivity index (χ2n) is 7.99. The zero-order valence-corrected chi connectivity index (χ0v) is 19.2.